The summed E-state index contributed by atoms with van der Waals surface area (Å²) in [5.74, 6) is -0.000310. The molecule has 2 nitrogen and oxygen atoms in total. The fourth-order valence-corrected chi connectivity index (χ4v) is 2.07. The molecule has 2 unspecified atom stereocenters. The largest absolute Gasteiger partial charge is 0.366 e. The maximum absolute atomic E-state index is 10.7. The van der Waals surface area contributed by atoms with E-state index in [2.05, 4.69) is 6.58 Å². The summed E-state index contributed by atoms with van der Waals surface area (Å²) in [6.45, 7) is 9.27. The SMILES string of the molecule is [B]P(C)O[C@@H](C(C)/C=C\C=C)[C@@H](C)C=O. The molecular formula is C11H18BO2P. The topological polar surface area (TPSA) is 26.3 Å². The van der Waals surface area contributed by atoms with Gasteiger partial charge in [0.1, 0.15) is 13.9 Å². The number of aldehydes is 1. The second-order valence-corrected chi connectivity index (χ2v) is 4.89. The van der Waals surface area contributed by atoms with Crippen molar-refractivity contribution >= 4 is 21.9 Å². The monoisotopic (exact) mass is 224 g/mol. The van der Waals surface area contributed by atoms with Crippen LogP contribution in [0.15, 0.2) is 24.8 Å². The molecule has 4 atom stereocenters. The van der Waals surface area contributed by atoms with Crippen LogP contribution in [-0.2, 0) is 9.32 Å². The summed E-state index contributed by atoms with van der Waals surface area (Å²) in [7, 11) is 4.69. The van der Waals surface area contributed by atoms with E-state index in [1.807, 2.05) is 32.7 Å². The predicted molar refractivity (Wildman–Crippen MR) is 67.2 cm³/mol. The van der Waals surface area contributed by atoms with Crippen molar-refractivity contribution in [1.82, 2.24) is 0 Å². The molecule has 0 N–H and O–H groups in total. The summed E-state index contributed by atoms with van der Waals surface area (Å²) in [5.41, 5.74) is 0. The van der Waals surface area contributed by atoms with E-state index in [9.17, 15) is 4.79 Å². The second kappa shape index (κ2) is 7.84. The standard InChI is InChI=1S/C11H18BO2P/c1-5-6-7-9(2)11(10(3)8-13)14-15(4)12/h5-11H,1H2,2-4H3/b7-6-/t9?,10-,11-,15?/m0/s1. The fourth-order valence-electron chi connectivity index (χ4n) is 1.30. The minimum Gasteiger partial charge on any atom is -0.366 e. The smallest absolute Gasteiger partial charge is 0.148 e. The van der Waals surface area contributed by atoms with Crippen LogP contribution in [0.2, 0.25) is 0 Å². The summed E-state index contributed by atoms with van der Waals surface area (Å²) in [4.78, 5) is 10.7. The van der Waals surface area contributed by atoms with Gasteiger partial charge in [0, 0.05) is 11.8 Å². The highest BCUT2D eigenvalue weighted by molar-refractivity contribution is 7.77. The molecule has 0 aliphatic rings. The lowest BCUT2D eigenvalue weighted by molar-refractivity contribution is -0.113. The minimum absolute atomic E-state index is 0.150. The molecule has 0 spiro atoms. The van der Waals surface area contributed by atoms with Crippen molar-refractivity contribution in [3.05, 3.63) is 24.8 Å². The van der Waals surface area contributed by atoms with Gasteiger partial charge in [-0.15, -0.1) is 0 Å². The van der Waals surface area contributed by atoms with Crippen molar-refractivity contribution in [2.75, 3.05) is 6.66 Å². The number of hydrogen-bond donors (Lipinski definition) is 0. The Hall–Kier alpha value is -0.395. The Labute approximate surface area is 95.0 Å². The van der Waals surface area contributed by atoms with Gasteiger partial charge >= 0.3 is 0 Å². The first kappa shape index (κ1) is 14.6. The van der Waals surface area contributed by atoms with Gasteiger partial charge in [-0.25, -0.2) is 0 Å². The highest BCUT2D eigenvalue weighted by Crippen LogP contribution is 2.32. The third-order valence-corrected chi connectivity index (χ3v) is 2.67. The number of hydrogen-bond acceptors (Lipinski definition) is 2. The van der Waals surface area contributed by atoms with Crippen molar-refractivity contribution in [2.24, 2.45) is 11.8 Å². The Morgan fingerprint density at radius 3 is 2.40 bits per heavy atom. The van der Waals surface area contributed by atoms with E-state index in [0.717, 1.165) is 6.29 Å². The summed E-state index contributed by atoms with van der Waals surface area (Å²) in [6.07, 6.45) is 6.28. The maximum atomic E-state index is 10.7. The number of rotatable bonds is 7. The van der Waals surface area contributed by atoms with Gasteiger partial charge in [0.25, 0.3) is 0 Å². The number of allylic oxidation sites excluding steroid dienone is 2. The van der Waals surface area contributed by atoms with Gasteiger partial charge in [-0.3, -0.25) is 0 Å². The molecule has 82 valence electrons. The normalized spacial score (nSPS) is 19.4. The molecule has 4 heteroatoms. The Morgan fingerprint density at radius 1 is 1.40 bits per heavy atom. The van der Waals surface area contributed by atoms with E-state index >= 15 is 0 Å². The van der Waals surface area contributed by atoms with Crippen LogP contribution >= 0.6 is 8.03 Å². The molecule has 15 heavy (non-hydrogen) atoms. The molecular weight excluding hydrogens is 206 g/mol. The molecule has 0 saturated heterocycles. The van der Waals surface area contributed by atoms with Gasteiger partial charge in [0.15, 0.2) is 0 Å². The first-order chi connectivity index (χ1) is 7.02. The van der Waals surface area contributed by atoms with Gasteiger partial charge < -0.3 is 9.32 Å². The quantitative estimate of drug-likeness (QED) is 0.287. The van der Waals surface area contributed by atoms with Gasteiger partial charge in [-0.2, -0.15) is 0 Å². The number of carbonyl (C=O) groups is 1. The molecule has 0 amide bonds. The average molecular weight is 224 g/mol. The molecule has 0 aromatic carbocycles. The summed E-state index contributed by atoms with van der Waals surface area (Å²) < 4.78 is 5.59. The van der Waals surface area contributed by atoms with Crippen LogP contribution in [0.4, 0.5) is 0 Å². The van der Waals surface area contributed by atoms with Crippen LogP contribution in [0.3, 0.4) is 0 Å². The zero-order chi connectivity index (χ0) is 11.8. The van der Waals surface area contributed by atoms with E-state index in [4.69, 9.17) is 12.1 Å². The molecule has 2 radical (unpaired) electrons. The van der Waals surface area contributed by atoms with Crippen molar-refractivity contribution in [2.45, 2.75) is 20.0 Å². The Balaban J connectivity index is 4.52. The van der Waals surface area contributed by atoms with E-state index in [1.54, 1.807) is 6.08 Å². The fraction of sp³-hybridized carbons (Fsp3) is 0.545. The van der Waals surface area contributed by atoms with E-state index in [0.29, 0.717) is 0 Å². The summed E-state index contributed by atoms with van der Waals surface area (Å²) in [6, 6.07) is 0. The first-order valence-electron chi connectivity index (χ1n) is 4.92. The van der Waals surface area contributed by atoms with Gasteiger partial charge in [-0.05, 0) is 14.7 Å². The van der Waals surface area contributed by atoms with Crippen molar-refractivity contribution < 1.29 is 9.32 Å². The van der Waals surface area contributed by atoms with Gasteiger partial charge in [0.2, 0.25) is 0 Å². The van der Waals surface area contributed by atoms with Crippen LogP contribution in [0.25, 0.3) is 0 Å². The zero-order valence-corrected chi connectivity index (χ0v) is 10.5. The summed E-state index contributed by atoms with van der Waals surface area (Å²) in [5, 5.41) is 0. The zero-order valence-electron chi connectivity index (χ0n) is 9.59. The molecule has 0 aromatic rings. The van der Waals surface area contributed by atoms with Gasteiger partial charge in [0.05, 0.1) is 6.10 Å². The van der Waals surface area contributed by atoms with Crippen LogP contribution in [0.1, 0.15) is 13.8 Å². The molecule has 0 aliphatic carbocycles. The lowest BCUT2D eigenvalue weighted by Gasteiger charge is -2.27. The molecule has 0 saturated carbocycles. The average Bonchev–Trinajstić information content (AvgIpc) is 2.21. The first-order valence-corrected chi connectivity index (χ1v) is 6.70. The highest BCUT2D eigenvalue weighted by atomic mass is 31.1. The lowest BCUT2D eigenvalue weighted by atomic mass is 9.94. The van der Waals surface area contributed by atoms with Crippen molar-refractivity contribution in [3.8, 4) is 0 Å². The van der Waals surface area contributed by atoms with E-state index < -0.39 is 8.03 Å². The lowest BCUT2D eigenvalue weighted by Crippen LogP contribution is -2.27. The second-order valence-electron chi connectivity index (χ2n) is 3.59. The van der Waals surface area contributed by atoms with E-state index in [-0.39, 0.29) is 17.9 Å². The third-order valence-electron chi connectivity index (χ3n) is 2.09. The van der Waals surface area contributed by atoms with Crippen LogP contribution < -0.4 is 0 Å². The van der Waals surface area contributed by atoms with Crippen LogP contribution in [-0.4, -0.2) is 26.6 Å². The minimum atomic E-state index is -0.944. The van der Waals surface area contributed by atoms with Crippen molar-refractivity contribution in [3.63, 3.8) is 0 Å². The third kappa shape index (κ3) is 5.91. The van der Waals surface area contributed by atoms with E-state index in [1.165, 1.54) is 0 Å². The molecule has 0 fully saturated rings. The predicted octanol–water partition coefficient (Wildman–Crippen LogP) is 2.70. The maximum Gasteiger partial charge on any atom is 0.148 e. The van der Waals surface area contributed by atoms with Crippen LogP contribution in [0, 0.1) is 11.8 Å². The summed E-state index contributed by atoms with van der Waals surface area (Å²) >= 11 is 0. The van der Waals surface area contributed by atoms with Gasteiger partial charge in [-0.1, -0.05) is 38.7 Å². The Morgan fingerprint density at radius 2 is 2.00 bits per heavy atom. The van der Waals surface area contributed by atoms with Crippen LogP contribution in [0.5, 0.6) is 0 Å². The Kier molecular flexibility index (Phi) is 7.63. The highest BCUT2D eigenvalue weighted by Gasteiger charge is 2.23. The molecule has 0 aliphatic heterocycles. The number of carbonyl (C=O) groups excluding carboxylic acids is 1. The molecule has 0 aromatic heterocycles. The molecule has 0 heterocycles. The molecule has 0 rings (SSSR count). The van der Waals surface area contributed by atoms with Crippen molar-refractivity contribution in [1.29, 1.82) is 0 Å². The molecule has 0 bridgehead atoms. The Bertz CT molecular complexity index is 229.